The molecular formula is C33H30BNO2. The maximum atomic E-state index is 9.60. The maximum absolute atomic E-state index is 9.60. The highest BCUT2D eigenvalue weighted by molar-refractivity contribution is 6.58. The standard InChI is InChI=1S/C33H30BNO2/c1-5-9-30-23(2)33(3,4)32-22-29(20-21-31(30)32)35(28-18-14-26(15-19-28)34(36)37)27-16-12-25(13-17-27)24-10-7-6-8-11-24/h5-22,36-37H,1-2H2,3-4H3/b30-9+. The molecule has 0 saturated heterocycles. The zero-order valence-corrected chi connectivity index (χ0v) is 21.2. The minimum absolute atomic E-state index is 0.214. The van der Waals surface area contributed by atoms with E-state index in [1.54, 1.807) is 12.1 Å². The lowest BCUT2D eigenvalue weighted by atomic mass is 9.80. The lowest BCUT2D eigenvalue weighted by Crippen LogP contribution is -2.29. The van der Waals surface area contributed by atoms with Crippen LogP contribution >= 0.6 is 0 Å². The van der Waals surface area contributed by atoms with Gasteiger partial charge in [-0.3, -0.25) is 0 Å². The number of anilines is 3. The molecule has 4 heteroatoms. The Labute approximate surface area is 219 Å². The van der Waals surface area contributed by atoms with E-state index in [1.807, 2.05) is 42.5 Å². The number of fused-ring (bicyclic) bond motifs is 1. The van der Waals surface area contributed by atoms with Gasteiger partial charge in [0.2, 0.25) is 0 Å². The highest BCUT2D eigenvalue weighted by Crippen LogP contribution is 2.50. The van der Waals surface area contributed by atoms with Crippen LogP contribution in [-0.2, 0) is 5.41 Å². The molecule has 0 saturated carbocycles. The van der Waals surface area contributed by atoms with Crippen LogP contribution in [0.1, 0.15) is 25.0 Å². The van der Waals surface area contributed by atoms with E-state index in [-0.39, 0.29) is 5.41 Å². The molecule has 182 valence electrons. The molecule has 0 heterocycles. The molecule has 4 aromatic rings. The van der Waals surface area contributed by atoms with E-state index in [0.717, 1.165) is 33.8 Å². The molecule has 3 nitrogen and oxygen atoms in total. The van der Waals surface area contributed by atoms with Gasteiger partial charge in [-0.05, 0) is 75.3 Å². The quantitative estimate of drug-likeness (QED) is 0.293. The predicted octanol–water partition coefficient (Wildman–Crippen LogP) is 6.92. The fourth-order valence-corrected chi connectivity index (χ4v) is 5.07. The molecule has 2 N–H and O–H groups in total. The summed E-state index contributed by atoms with van der Waals surface area (Å²) in [7, 11) is -1.51. The van der Waals surface area contributed by atoms with E-state index in [0.29, 0.717) is 5.46 Å². The van der Waals surface area contributed by atoms with Crippen molar-refractivity contribution in [2.75, 3.05) is 4.90 Å². The molecule has 4 aromatic carbocycles. The van der Waals surface area contributed by atoms with Crippen molar-refractivity contribution in [2.45, 2.75) is 19.3 Å². The Morgan fingerprint density at radius 1 is 0.757 bits per heavy atom. The van der Waals surface area contributed by atoms with Crippen LogP contribution in [0.25, 0.3) is 16.7 Å². The number of hydrogen-bond donors (Lipinski definition) is 2. The molecule has 0 aromatic heterocycles. The zero-order valence-electron chi connectivity index (χ0n) is 21.2. The second-order valence-electron chi connectivity index (χ2n) is 9.86. The van der Waals surface area contributed by atoms with Crippen molar-refractivity contribution in [2.24, 2.45) is 0 Å². The van der Waals surface area contributed by atoms with Gasteiger partial charge in [-0.1, -0.05) is 99.8 Å². The van der Waals surface area contributed by atoms with Crippen molar-refractivity contribution in [1.29, 1.82) is 0 Å². The average molecular weight is 483 g/mol. The Bertz CT molecular complexity index is 1480. The average Bonchev–Trinajstić information content (AvgIpc) is 3.10. The van der Waals surface area contributed by atoms with Gasteiger partial charge in [-0.25, -0.2) is 0 Å². The van der Waals surface area contributed by atoms with Crippen LogP contribution in [0.4, 0.5) is 17.1 Å². The molecule has 0 aliphatic heterocycles. The third-order valence-electron chi connectivity index (χ3n) is 7.27. The Hall–Kier alpha value is -4.12. The Morgan fingerprint density at radius 3 is 1.92 bits per heavy atom. The lowest BCUT2D eigenvalue weighted by molar-refractivity contribution is 0.426. The molecular weight excluding hydrogens is 453 g/mol. The van der Waals surface area contributed by atoms with Gasteiger partial charge in [0.1, 0.15) is 0 Å². The van der Waals surface area contributed by atoms with Gasteiger partial charge in [-0.15, -0.1) is 0 Å². The molecule has 0 bridgehead atoms. The van der Waals surface area contributed by atoms with Crippen LogP contribution in [0.2, 0.25) is 0 Å². The summed E-state index contributed by atoms with van der Waals surface area (Å²) >= 11 is 0. The van der Waals surface area contributed by atoms with Crippen LogP contribution in [-0.4, -0.2) is 17.2 Å². The first-order valence-corrected chi connectivity index (χ1v) is 12.4. The van der Waals surface area contributed by atoms with Crippen molar-refractivity contribution < 1.29 is 10.0 Å². The molecule has 1 aliphatic rings. The molecule has 0 spiro atoms. The van der Waals surface area contributed by atoms with Crippen LogP contribution in [0.3, 0.4) is 0 Å². The highest BCUT2D eigenvalue weighted by atomic mass is 16.4. The third kappa shape index (κ3) is 4.46. The minimum Gasteiger partial charge on any atom is -0.423 e. The van der Waals surface area contributed by atoms with E-state index >= 15 is 0 Å². The topological polar surface area (TPSA) is 43.7 Å². The van der Waals surface area contributed by atoms with Crippen molar-refractivity contribution in [3.8, 4) is 11.1 Å². The number of rotatable bonds is 6. The van der Waals surface area contributed by atoms with Gasteiger partial charge in [0.15, 0.2) is 0 Å². The summed E-state index contributed by atoms with van der Waals surface area (Å²) in [6, 6.07) is 32.7. The number of hydrogen-bond acceptors (Lipinski definition) is 3. The third-order valence-corrected chi connectivity index (χ3v) is 7.27. The predicted molar refractivity (Wildman–Crippen MR) is 157 cm³/mol. The summed E-state index contributed by atoms with van der Waals surface area (Å²) in [5, 5.41) is 19.2. The fourth-order valence-electron chi connectivity index (χ4n) is 5.07. The smallest absolute Gasteiger partial charge is 0.423 e. The minimum atomic E-state index is -1.51. The van der Waals surface area contributed by atoms with Gasteiger partial charge in [-0.2, -0.15) is 0 Å². The summed E-state index contributed by atoms with van der Waals surface area (Å²) in [6.07, 6.45) is 3.85. The molecule has 5 rings (SSSR count). The van der Waals surface area contributed by atoms with Crippen LogP contribution in [0, 0.1) is 0 Å². The highest BCUT2D eigenvalue weighted by Gasteiger charge is 2.37. The summed E-state index contributed by atoms with van der Waals surface area (Å²) in [4.78, 5) is 2.19. The SMILES string of the molecule is C=C/C=C1\C(=C)C(C)(C)c2cc(N(c3ccc(B(O)O)cc3)c3ccc(-c4ccccc4)cc3)ccc21. The van der Waals surface area contributed by atoms with Crippen molar-refractivity contribution in [3.63, 3.8) is 0 Å². The van der Waals surface area contributed by atoms with Crippen LogP contribution in [0.15, 0.2) is 128 Å². The zero-order chi connectivity index (χ0) is 26.2. The van der Waals surface area contributed by atoms with E-state index in [4.69, 9.17) is 0 Å². The Kier molecular flexibility index (Phi) is 6.47. The Balaban J connectivity index is 1.64. The van der Waals surface area contributed by atoms with Crippen LogP contribution < -0.4 is 10.4 Å². The fraction of sp³-hybridized carbons (Fsp3) is 0.0909. The number of allylic oxidation sites excluding steroid dienone is 4. The summed E-state index contributed by atoms with van der Waals surface area (Å²) in [5.74, 6) is 0. The molecule has 0 fully saturated rings. The normalized spacial score (nSPS) is 14.9. The number of benzene rings is 4. The van der Waals surface area contributed by atoms with Gasteiger partial charge in [0.05, 0.1) is 0 Å². The molecule has 0 unspecified atom stereocenters. The first-order valence-electron chi connectivity index (χ1n) is 12.4. The first kappa shape index (κ1) is 24.6. The van der Waals surface area contributed by atoms with E-state index in [1.165, 1.54) is 16.7 Å². The first-order chi connectivity index (χ1) is 17.8. The van der Waals surface area contributed by atoms with Crippen molar-refractivity contribution in [1.82, 2.24) is 0 Å². The van der Waals surface area contributed by atoms with Gasteiger partial charge < -0.3 is 14.9 Å². The van der Waals surface area contributed by atoms with Crippen LogP contribution in [0.5, 0.6) is 0 Å². The Morgan fingerprint density at radius 2 is 1.32 bits per heavy atom. The summed E-state index contributed by atoms with van der Waals surface area (Å²) in [6.45, 7) is 12.7. The summed E-state index contributed by atoms with van der Waals surface area (Å²) in [5.41, 5.74) is 10.1. The van der Waals surface area contributed by atoms with Gasteiger partial charge in [0, 0.05) is 22.5 Å². The van der Waals surface area contributed by atoms with E-state index < -0.39 is 7.12 Å². The monoisotopic (exact) mass is 483 g/mol. The molecule has 0 amide bonds. The van der Waals surface area contributed by atoms with E-state index in [2.05, 4.69) is 86.5 Å². The van der Waals surface area contributed by atoms with Gasteiger partial charge in [0.25, 0.3) is 0 Å². The largest absolute Gasteiger partial charge is 0.488 e. The van der Waals surface area contributed by atoms with E-state index in [9.17, 15) is 10.0 Å². The molecule has 0 atom stereocenters. The molecule has 37 heavy (non-hydrogen) atoms. The number of nitrogens with zero attached hydrogens (tertiary/aromatic N) is 1. The molecule has 1 aliphatic carbocycles. The second kappa shape index (κ2) is 9.74. The second-order valence-corrected chi connectivity index (χ2v) is 9.86. The summed E-state index contributed by atoms with van der Waals surface area (Å²) < 4.78 is 0. The van der Waals surface area contributed by atoms with Crippen molar-refractivity contribution >= 4 is 35.2 Å². The lowest BCUT2D eigenvalue weighted by Gasteiger charge is -2.28. The van der Waals surface area contributed by atoms with Crippen molar-refractivity contribution in [3.05, 3.63) is 139 Å². The van der Waals surface area contributed by atoms with Gasteiger partial charge >= 0.3 is 7.12 Å². The molecule has 0 radical (unpaired) electrons. The maximum Gasteiger partial charge on any atom is 0.488 e.